The predicted octanol–water partition coefficient (Wildman–Crippen LogP) is 4.75. The number of aryl methyl sites for hydroxylation is 1. The molecular weight excluding hydrogens is 479 g/mol. The largest absolute Gasteiger partial charge is 0.345 e. The van der Waals surface area contributed by atoms with E-state index < -0.39 is 28.9 Å². The summed E-state index contributed by atoms with van der Waals surface area (Å²) in [4.78, 5) is 23.5. The molecule has 1 atom stereocenters. The van der Waals surface area contributed by atoms with Gasteiger partial charge in [-0.3, -0.25) is 9.36 Å². The van der Waals surface area contributed by atoms with Gasteiger partial charge in [-0.1, -0.05) is 31.2 Å². The monoisotopic (exact) mass is 507 g/mol. The van der Waals surface area contributed by atoms with Crippen LogP contribution in [0.4, 0.5) is 19.1 Å². The van der Waals surface area contributed by atoms with Crippen LogP contribution in [0.25, 0.3) is 22.2 Å². The number of hydrogen-bond acceptors (Lipinski definition) is 4. The highest BCUT2D eigenvalue weighted by molar-refractivity contribution is 5.93. The molecule has 1 spiro atoms. The Bertz CT molecular complexity index is 1600. The summed E-state index contributed by atoms with van der Waals surface area (Å²) in [6.45, 7) is 3.16. The quantitative estimate of drug-likeness (QED) is 0.392. The minimum absolute atomic E-state index is 0.0883. The first-order chi connectivity index (χ1) is 17.7. The normalized spacial score (nSPS) is 18.6. The number of H-pyrrole nitrogens is 1. The number of benzene rings is 2. The van der Waals surface area contributed by atoms with Crippen molar-refractivity contribution in [2.75, 3.05) is 18.0 Å². The van der Waals surface area contributed by atoms with E-state index in [0.717, 1.165) is 23.6 Å². The van der Waals surface area contributed by atoms with Crippen LogP contribution in [-0.2, 0) is 19.9 Å². The molecule has 2 aliphatic rings. The lowest BCUT2D eigenvalue weighted by Gasteiger charge is -2.42. The SMILES string of the molecule is CCc1cccc(-c2c[nH]c3nc(N4CCC5(CC4)Cc4cc(F)c(F)c(F)c4[C@H]5N)n(C)c(=O)c23)c1. The Morgan fingerprint density at radius 2 is 1.92 bits per heavy atom. The van der Waals surface area contributed by atoms with Gasteiger partial charge in [0, 0.05) is 43.5 Å². The second-order valence-electron chi connectivity index (χ2n) is 10.3. The van der Waals surface area contributed by atoms with E-state index in [2.05, 4.69) is 24.0 Å². The average Bonchev–Trinajstić information content (AvgIpc) is 3.44. The molecule has 3 N–H and O–H groups in total. The van der Waals surface area contributed by atoms with E-state index in [4.69, 9.17) is 10.7 Å². The van der Waals surface area contributed by atoms with Crippen molar-refractivity contribution >= 4 is 17.0 Å². The summed E-state index contributed by atoms with van der Waals surface area (Å²) in [5, 5.41) is 0.542. The molecule has 0 radical (unpaired) electrons. The van der Waals surface area contributed by atoms with Crippen molar-refractivity contribution in [3.63, 3.8) is 0 Å². The van der Waals surface area contributed by atoms with Crippen LogP contribution >= 0.6 is 0 Å². The number of piperidine rings is 1. The maximum Gasteiger partial charge on any atom is 0.264 e. The van der Waals surface area contributed by atoms with Crippen LogP contribution in [0.5, 0.6) is 0 Å². The Morgan fingerprint density at radius 3 is 2.65 bits per heavy atom. The number of nitrogens with two attached hydrogens (primary N) is 1. The van der Waals surface area contributed by atoms with Gasteiger partial charge in [-0.2, -0.15) is 4.98 Å². The highest BCUT2D eigenvalue weighted by Crippen LogP contribution is 2.52. The van der Waals surface area contributed by atoms with Crippen LogP contribution in [0.3, 0.4) is 0 Å². The minimum Gasteiger partial charge on any atom is -0.345 e. The molecule has 1 saturated heterocycles. The molecule has 1 aliphatic carbocycles. The molecule has 1 fully saturated rings. The Morgan fingerprint density at radius 1 is 1.16 bits per heavy atom. The topological polar surface area (TPSA) is 79.9 Å². The lowest BCUT2D eigenvalue weighted by molar-refractivity contribution is 0.184. The third kappa shape index (κ3) is 3.51. The smallest absolute Gasteiger partial charge is 0.264 e. The van der Waals surface area contributed by atoms with Gasteiger partial charge in [0.15, 0.2) is 17.5 Å². The highest BCUT2D eigenvalue weighted by Gasteiger charge is 2.48. The van der Waals surface area contributed by atoms with Gasteiger partial charge in [-0.15, -0.1) is 0 Å². The molecule has 37 heavy (non-hydrogen) atoms. The Labute approximate surface area is 211 Å². The summed E-state index contributed by atoms with van der Waals surface area (Å²) in [6.07, 6.45) is 4.29. The van der Waals surface area contributed by atoms with Crippen LogP contribution in [0.2, 0.25) is 0 Å². The van der Waals surface area contributed by atoms with Crippen LogP contribution in [-0.4, -0.2) is 27.6 Å². The number of rotatable bonds is 3. The zero-order valence-corrected chi connectivity index (χ0v) is 20.7. The van der Waals surface area contributed by atoms with E-state index in [1.54, 1.807) is 11.6 Å². The van der Waals surface area contributed by atoms with Gasteiger partial charge in [-0.25, -0.2) is 13.2 Å². The summed E-state index contributed by atoms with van der Waals surface area (Å²) in [5.74, 6) is -3.29. The van der Waals surface area contributed by atoms with Gasteiger partial charge in [0.1, 0.15) is 5.65 Å². The average molecular weight is 508 g/mol. The molecule has 0 bridgehead atoms. The number of anilines is 1. The van der Waals surface area contributed by atoms with Crippen molar-refractivity contribution in [1.82, 2.24) is 14.5 Å². The molecule has 0 saturated carbocycles. The van der Waals surface area contributed by atoms with E-state index >= 15 is 0 Å². The maximum absolute atomic E-state index is 14.5. The second kappa shape index (κ2) is 8.48. The Balaban J connectivity index is 1.30. The number of nitrogens with one attached hydrogen (secondary N) is 1. The first-order valence-electron chi connectivity index (χ1n) is 12.6. The molecule has 9 heteroatoms. The first-order valence-corrected chi connectivity index (χ1v) is 12.6. The molecule has 1 aliphatic heterocycles. The second-order valence-corrected chi connectivity index (χ2v) is 10.3. The van der Waals surface area contributed by atoms with Crippen molar-refractivity contribution in [2.24, 2.45) is 18.2 Å². The highest BCUT2D eigenvalue weighted by atomic mass is 19.2. The molecule has 3 heterocycles. The third-order valence-corrected chi connectivity index (χ3v) is 8.38. The minimum atomic E-state index is -1.47. The summed E-state index contributed by atoms with van der Waals surface area (Å²) in [7, 11) is 1.71. The number of fused-ring (bicyclic) bond motifs is 2. The van der Waals surface area contributed by atoms with Crippen molar-refractivity contribution in [2.45, 2.75) is 38.6 Å². The van der Waals surface area contributed by atoms with Crippen LogP contribution in [0.1, 0.15) is 42.5 Å². The standard InChI is InChI=1S/C28H28F3N5O/c1-3-15-5-4-6-16(11-15)18-14-33-25-21(18)26(37)35(2)27(34-25)36-9-7-28(8-10-36)13-17-12-19(29)22(30)23(31)20(17)24(28)32/h4-6,11-12,14,24,33H,3,7-10,13,32H2,1-2H3/t24-/m1/s1. The third-order valence-electron chi connectivity index (χ3n) is 8.38. The fraction of sp³-hybridized carbons (Fsp3) is 0.357. The van der Waals surface area contributed by atoms with E-state index in [-0.39, 0.29) is 11.1 Å². The van der Waals surface area contributed by atoms with Gasteiger partial charge in [0.05, 0.1) is 5.39 Å². The lowest BCUT2D eigenvalue weighted by atomic mass is 9.73. The molecule has 0 unspecified atom stereocenters. The number of aromatic nitrogens is 3. The maximum atomic E-state index is 14.5. The molecule has 2 aromatic heterocycles. The molecule has 6 nitrogen and oxygen atoms in total. The van der Waals surface area contributed by atoms with Gasteiger partial charge >= 0.3 is 0 Å². The van der Waals surface area contributed by atoms with Gasteiger partial charge in [0.25, 0.3) is 5.56 Å². The van der Waals surface area contributed by atoms with E-state index in [1.807, 2.05) is 23.2 Å². The van der Waals surface area contributed by atoms with Crippen molar-refractivity contribution < 1.29 is 13.2 Å². The van der Waals surface area contributed by atoms with Gasteiger partial charge in [-0.05, 0) is 53.9 Å². The molecule has 192 valence electrons. The number of hydrogen-bond donors (Lipinski definition) is 2. The predicted molar refractivity (Wildman–Crippen MR) is 137 cm³/mol. The van der Waals surface area contributed by atoms with Gasteiger partial charge in [0.2, 0.25) is 5.95 Å². The molecule has 4 aromatic rings. The summed E-state index contributed by atoms with van der Waals surface area (Å²) < 4.78 is 43.9. The zero-order chi connectivity index (χ0) is 26.1. The molecule has 2 aromatic carbocycles. The molecular formula is C28H28F3N5O. The molecule has 0 amide bonds. The molecule has 6 rings (SSSR count). The summed E-state index contributed by atoms with van der Waals surface area (Å²) in [6, 6.07) is 8.48. The van der Waals surface area contributed by atoms with Crippen molar-refractivity contribution in [1.29, 1.82) is 0 Å². The van der Waals surface area contributed by atoms with Crippen molar-refractivity contribution in [3.05, 3.63) is 81.0 Å². The van der Waals surface area contributed by atoms with E-state index in [0.29, 0.717) is 54.9 Å². The van der Waals surface area contributed by atoms with Crippen LogP contribution in [0.15, 0.2) is 41.3 Å². The van der Waals surface area contributed by atoms with Gasteiger partial charge < -0.3 is 15.6 Å². The van der Waals surface area contributed by atoms with E-state index in [9.17, 15) is 18.0 Å². The summed E-state index contributed by atoms with van der Waals surface area (Å²) in [5.41, 5.74) is 9.83. The van der Waals surface area contributed by atoms with E-state index in [1.165, 1.54) is 5.56 Å². The van der Waals surface area contributed by atoms with Crippen molar-refractivity contribution in [3.8, 4) is 11.1 Å². The zero-order valence-electron chi connectivity index (χ0n) is 20.7. The summed E-state index contributed by atoms with van der Waals surface area (Å²) >= 11 is 0. The first kappa shape index (κ1) is 23.8. The van der Waals surface area contributed by atoms with Crippen LogP contribution in [0, 0.1) is 22.9 Å². The number of nitrogens with zero attached hydrogens (tertiary/aromatic N) is 3. The number of halogens is 3. The number of aromatic amines is 1. The van der Waals surface area contributed by atoms with Crippen LogP contribution < -0.4 is 16.2 Å². The Kier molecular flexibility index (Phi) is 5.45. The Hall–Kier alpha value is -3.59. The fourth-order valence-corrected chi connectivity index (χ4v) is 6.20. The fourth-order valence-electron chi connectivity index (χ4n) is 6.20. The lowest BCUT2D eigenvalue weighted by Crippen LogP contribution is -2.46.